The first-order chi connectivity index (χ1) is 10.8. The number of carbonyl (C=O) groups is 2. The van der Waals surface area contributed by atoms with Crippen LogP contribution in [0.4, 0.5) is 4.79 Å². The van der Waals surface area contributed by atoms with Crippen LogP contribution in [0.2, 0.25) is 0 Å². The summed E-state index contributed by atoms with van der Waals surface area (Å²) in [6.07, 6.45) is 0. The third-order valence-electron chi connectivity index (χ3n) is 3.92. The molecule has 1 atom stereocenters. The number of hydrogen-bond donors (Lipinski definition) is 1. The second kappa shape index (κ2) is 6.86. The van der Waals surface area contributed by atoms with E-state index in [1.807, 2.05) is 45.0 Å². The molecule has 0 aromatic heterocycles. The molecule has 0 bridgehead atoms. The average Bonchev–Trinajstić information content (AvgIpc) is 2.50. The highest BCUT2D eigenvalue weighted by molar-refractivity contribution is 5.95. The molecule has 1 N–H and O–H groups in total. The van der Waals surface area contributed by atoms with Crippen molar-refractivity contribution in [3.8, 4) is 0 Å². The van der Waals surface area contributed by atoms with Crippen molar-refractivity contribution in [2.24, 2.45) is 5.92 Å². The number of benzene rings is 1. The number of methoxy groups -OCH3 is 1. The summed E-state index contributed by atoms with van der Waals surface area (Å²) in [5, 5.41) is 2.94. The average molecular weight is 316 g/mol. The summed E-state index contributed by atoms with van der Waals surface area (Å²) in [5.74, 6) is -0.118. The number of hydrogen-bond acceptors (Lipinski definition) is 3. The Balaban J connectivity index is 2.52. The van der Waals surface area contributed by atoms with Crippen molar-refractivity contribution in [1.29, 1.82) is 0 Å². The Morgan fingerprint density at radius 3 is 2.61 bits per heavy atom. The molecule has 5 nitrogen and oxygen atoms in total. The zero-order valence-corrected chi connectivity index (χ0v) is 14.3. The maximum atomic E-state index is 12.5. The van der Waals surface area contributed by atoms with Crippen LogP contribution in [0.5, 0.6) is 0 Å². The summed E-state index contributed by atoms with van der Waals surface area (Å²) in [5.41, 5.74) is 3.09. The number of aryl methyl sites for hydroxylation is 1. The summed E-state index contributed by atoms with van der Waals surface area (Å²) in [4.78, 5) is 26.4. The van der Waals surface area contributed by atoms with Gasteiger partial charge in [0.2, 0.25) is 0 Å². The lowest BCUT2D eigenvalue weighted by Gasteiger charge is -2.36. The molecule has 0 radical (unpaired) electrons. The molecule has 0 spiro atoms. The number of nitrogens with one attached hydrogen (secondary N) is 1. The van der Waals surface area contributed by atoms with Gasteiger partial charge >= 0.3 is 12.0 Å². The number of allylic oxidation sites excluding steroid dienone is 1. The van der Waals surface area contributed by atoms with Crippen LogP contribution < -0.4 is 5.32 Å². The Bertz CT molecular complexity index is 649. The lowest BCUT2D eigenvalue weighted by atomic mass is 9.93. The van der Waals surface area contributed by atoms with Crippen LogP contribution in [-0.2, 0) is 9.53 Å². The van der Waals surface area contributed by atoms with Gasteiger partial charge in [0.1, 0.15) is 0 Å². The summed E-state index contributed by atoms with van der Waals surface area (Å²) >= 11 is 0. The SMILES string of the molecule is COC(=O)C1=C(C)N(CC(C)C)C(=O)N[C@H]1c1cccc(C)c1. The highest BCUT2D eigenvalue weighted by atomic mass is 16.5. The molecule has 2 amide bonds. The number of esters is 1. The van der Waals surface area contributed by atoms with E-state index >= 15 is 0 Å². The van der Waals surface area contributed by atoms with Crippen molar-refractivity contribution in [1.82, 2.24) is 10.2 Å². The Morgan fingerprint density at radius 2 is 2.04 bits per heavy atom. The van der Waals surface area contributed by atoms with Gasteiger partial charge in [-0.2, -0.15) is 0 Å². The van der Waals surface area contributed by atoms with Crippen molar-refractivity contribution in [3.05, 3.63) is 46.7 Å². The highest BCUT2D eigenvalue weighted by Gasteiger charge is 2.36. The summed E-state index contributed by atoms with van der Waals surface area (Å²) < 4.78 is 4.96. The summed E-state index contributed by atoms with van der Waals surface area (Å²) in [6, 6.07) is 7.11. The van der Waals surface area contributed by atoms with Gasteiger partial charge in [0.25, 0.3) is 0 Å². The second-order valence-electron chi connectivity index (χ2n) is 6.29. The topological polar surface area (TPSA) is 58.6 Å². The van der Waals surface area contributed by atoms with Crippen molar-refractivity contribution in [3.63, 3.8) is 0 Å². The van der Waals surface area contributed by atoms with Gasteiger partial charge in [-0.25, -0.2) is 9.59 Å². The quantitative estimate of drug-likeness (QED) is 0.868. The molecule has 1 aromatic rings. The largest absolute Gasteiger partial charge is 0.466 e. The molecule has 0 saturated carbocycles. The molecule has 5 heteroatoms. The van der Waals surface area contributed by atoms with E-state index in [1.165, 1.54) is 7.11 Å². The molecule has 1 aromatic carbocycles. The summed E-state index contributed by atoms with van der Waals surface area (Å²) in [7, 11) is 1.36. The monoisotopic (exact) mass is 316 g/mol. The molecule has 2 rings (SSSR count). The van der Waals surface area contributed by atoms with Crippen LogP contribution in [-0.4, -0.2) is 30.6 Å². The van der Waals surface area contributed by atoms with Crippen molar-refractivity contribution in [2.75, 3.05) is 13.7 Å². The third kappa shape index (κ3) is 3.55. The van der Waals surface area contributed by atoms with Crippen molar-refractivity contribution in [2.45, 2.75) is 33.7 Å². The van der Waals surface area contributed by atoms with Crippen molar-refractivity contribution < 1.29 is 14.3 Å². The van der Waals surface area contributed by atoms with E-state index in [2.05, 4.69) is 5.32 Å². The van der Waals surface area contributed by atoms with Gasteiger partial charge in [-0.3, -0.25) is 4.90 Å². The minimum atomic E-state index is -0.488. The molecular formula is C18H24N2O3. The molecule has 0 fully saturated rings. The van der Waals surface area contributed by atoms with Gasteiger partial charge in [0.15, 0.2) is 0 Å². The van der Waals surface area contributed by atoms with E-state index in [1.54, 1.807) is 11.8 Å². The van der Waals surface area contributed by atoms with Crippen molar-refractivity contribution >= 4 is 12.0 Å². The van der Waals surface area contributed by atoms with E-state index < -0.39 is 12.0 Å². The predicted octanol–water partition coefficient (Wildman–Crippen LogP) is 3.16. The molecule has 1 aliphatic heterocycles. The molecule has 0 unspecified atom stereocenters. The van der Waals surface area contributed by atoms with Gasteiger partial charge in [-0.15, -0.1) is 0 Å². The molecule has 0 aliphatic carbocycles. The molecule has 23 heavy (non-hydrogen) atoms. The number of ether oxygens (including phenoxy) is 1. The molecular weight excluding hydrogens is 292 g/mol. The molecule has 1 aliphatic rings. The second-order valence-corrected chi connectivity index (χ2v) is 6.29. The summed E-state index contributed by atoms with van der Waals surface area (Å²) in [6.45, 7) is 8.40. The highest BCUT2D eigenvalue weighted by Crippen LogP contribution is 2.31. The first kappa shape index (κ1) is 17.1. The van der Waals surface area contributed by atoms with Crippen LogP contribution in [0.3, 0.4) is 0 Å². The first-order valence-electron chi connectivity index (χ1n) is 7.78. The van der Waals surface area contributed by atoms with E-state index in [-0.39, 0.29) is 6.03 Å². The third-order valence-corrected chi connectivity index (χ3v) is 3.92. The zero-order valence-electron chi connectivity index (χ0n) is 14.3. The van der Waals surface area contributed by atoms with Crippen LogP contribution >= 0.6 is 0 Å². The van der Waals surface area contributed by atoms with Gasteiger partial charge in [0, 0.05) is 12.2 Å². The molecule has 1 heterocycles. The molecule has 0 saturated heterocycles. The Labute approximate surface area is 137 Å². The number of amides is 2. The van der Waals surface area contributed by atoms with Crippen LogP contribution in [0.1, 0.15) is 37.9 Å². The van der Waals surface area contributed by atoms with Gasteiger partial charge in [-0.1, -0.05) is 43.7 Å². The molecule has 124 valence electrons. The number of urea groups is 1. The smallest absolute Gasteiger partial charge is 0.337 e. The normalized spacial score (nSPS) is 18.3. The minimum Gasteiger partial charge on any atom is -0.466 e. The number of nitrogens with zero attached hydrogens (tertiary/aromatic N) is 1. The predicted molar refractivity (Wildman–Crippen MR) is 88.7 cm³/mol. The lowest BCUT2D eigenvalue weighted by molar-refractivity contribution is -0.136. The van der Waals surface area contributed by atoms with E-state index in [4.69, 9.17) is 4.74 Å². The minimum absolute atomic E-state index is 0.185. The Kier molecular flexibility index (Phi) is 5.08. The Hall–Kier alpha value is -2.30. The zero-order chi connectivity index (χ0) is 17.1. The maximum absolute atomic E-state index is 12.5. The fourth-order valence-electron chi connectivity index (χ4n) is 2.84. The van der Waals surface area contributed by atoms with Gasteiger partial charge in [-0.05, 0) is 25.3 Å². The van der Waals surface area contributed by atoms with E-state index in [0.717, 1.165) is 11.1 Å². The van der Waals surface area contributed by atoms with Crippen LogP contribution in [0.25, 0.3) is 0 Å². The van der Waals surface area contributed by atoms with Gasteiger partial charge in [0.05, 0.1) is 18.7 Å². The number of carbonyl (C=O) groups excluding carboxylic acids is 2. The fraction of sp³-hybridized carbons (Fsp3) is 0.444. The lowest BCUT2D eigenvalue weighted by Crippen LogP contribution is -2.49. The first-order valence-corrected chi connectivity index (χ1v) is 7.78. The standard InChI is InChI=1S/C18H24N2O3/c1-11(2)10-20-13(4)15(17(21)23-5)16(19-18(20)22)14-8-6-7-12(3)9-14/h6-9,11,16H,10H2,1-5H3,(H,19,22)/t16-/m0/s1. The van der Waals surface area contributed by atoms with Crippen LogP contribution in [0.15, 0.2) is 35.5 Å². The Morgan fingerprint density at radius 1 is 1.35 bits per heavy atom. The van der Waals surface area contributed by atoms with Gasteiger partial charge < -0.3 is 10.1 Å². The van der Waals surface area contributed by atoms with E-state index in [0.29, 0.717) is 23.7 Å². The maximum Gasteiger partial charge on any atom is 0.337 e. The van der Waals surface area contributed by atoms with E-state index in [9.17, 15) is 9.59 Å². The van der Waals surface area contributed by atoms with Crippen LogP contribution in [0, 0.1) is 12.8 Å². The fourth-order valence-corrected chi connectivity index (χ4v) is 2.84. The number of rotatable bonds is 4.